The molecule has 2 N–H and O–H groups in total. The van der Waals surface area contributed by atoms with Crippen LogP contribution in [-0.4, -0.2) is 38.5 Å². The summed E-state index contributed by atoms with van der Waals surface area (Å²) < 4.78 is 32.5. The minimum Gasteiger partial charge on any atom is -0.492 e. The molecule has 2 unspecified atom stereocenters. The van der Waals surface area contributed by atoms with Crippen LogP contribution in [0.5, 0.6) is 5.75 Å². The van der Waals surface area contributed by atoms with Crippen LogP contribution in [0.3, 0.4) is 0 Å². The lowest BCUT2D eigenvalue weighted by Gasteiger charge is -2.36. The van der Waals surface area contributed by atoms with Gasteiger partial charge >= 0.3 is 0 Å². The van der Waals surface area contributed by atoms with Crippen molar-refractivity contribution >= 4 is 10.0 Å². The summed E-state index contributed by atoms with van der Waals surface area (Å²) in [6.45, 7) is 5.55. The predicted octanol–water partition coefficient (Wildman–Crippen LogP) is 1.83. The van der Waals surface area contributed by atoms with Crippen molar-refractivity contribution < 1.29 is 13.2 Å². The topological polar surface area (TPSA) is 72.6 Å². The van der Waals surface area contributed by atoms with Gasteiger partial charge in [-0.25, -0.2) is 8.42 Å². The summed E-state index contributed by atoms with van der Waals surface area (Å²) in [6.07, 6.45) is 2.00. The molecule has 0 amide bonds. The van der Waals surface area contributed by atoms with Gasteiger partial charge in [-0.2, -0.15) is 4.31 Å². The molecule has 6 heteroatoms. The Hall–Kier alpha value is -1.11. The van der Waals surface area contributed by atoms with Crippen LogP contribution in [0.4, 0.5) is 0 Å². The molecule has 0 bridgehead atoms. The Labute approximate surface area is 127 Å². The number of nitrogens with two attached hydrogens (primary N) is 1. The van der Waals surface area contributed by atoms with Gasteiger partial charge in [-0.15, -0.1) is 0 Å². The zero-order chi connectivity index (χ0) is 15.5. The SMILES string of the molecule is CC1CCCN(S(=O)(=O)c2ccc(OCCN)cc2)C1C. The van der Waals surface area contributed by atoms with Crippen molar-refractivity contribution in [2.45, 2.75) is 37.6 Å². The second-order valence-corrected chi connectivity index (χ2v) is 7.47. The molecule has 21 heavy (non-hydrogen) atoms. The van der Waals surface area contributed by atoms with Crippen molar-refractivity contribution in [3.63, 3.8) is 0 Å². The molecule has 1 heterocycles. The van der Waals surface area contributed by atoms with Crippen LogP contribution in [0.2, 0.25) is 0 Å². The smallest absolute Gasteiger partial charge is 0.243 e. The van der Waals surface area contributed by atoms with Crippen LogP contribution in [0, 0.1) is 5.92 Å². The molecular formula is C15H24N2O3S. The largest absolute Gasteiger partial charge is 0.492 e. The Morgan fingerprint density at radius 3 is 2.57 bits per heavy atom. The number of hydrogen-bond acceptors (Lipinski definition) is 4. The minimum absolute atomic E-state index is 0.0388. The van der Waals surface area contributed by atoms with Gasteiger partial charge in [0.2, 0.25) is 10.0 Å². The van der Waals surface area contributed by atoms with E-state index in [1.807, 2.05) is 6.92 Å². The van der Waals surface area contributed by atoms with Gasteiger partial charge in [-0.3, -0.25) is 0 Å². The number of benzene rings is 1. The third-order valence-corrected chi connectivity index (χ3v) is 6.13. The normalized spacial score (nSPS) is 24.0. The first-order chi connectivity index (χ1) is 9.96. The minimum atomic E-state index is -3.43. The fourth-order valence-electron chi connectivity index (χ4n) is 2.66. The summed E-state index contributed by atoms with van der Waals surface area (Å²) in [6, 6.07) is 6.61. The Morgan fingerprint density at radius 2 is 1.95 bits per heavy atom. The number of ether oxygens (including phenoxy) is 1. The Kier molecular flexibility index (Phi) is 5.24. The van der Waals surface area contributed by atoms with E-state index in [0.29, 0.717) is 36.3 Å². The number of nitrogens with zero attached hydrogens (tertiary/aromatic N) is 1. The van der Waals surface area contributed by atoms with Crippen molar-refractivity contribution in [1.82, 2.24) is 4.31 Å². The van der Waals surface area contributed by atoms with Crippen molar-refractivity contribution in [1.29, 1.82) is 0 Å². The van der Waals surface area contributed by atoms with Gasteiger partial charge in [0.05, 0.1) is 4.90 Å². The predicted molar refractivity (Wildman–Crippen MR) is 82.7 cm³/mol. The monoisotopic (exact) mass is 312 g/mol. The van der Waals surface area contributed by atoms with Crippen LogP contribution in [-0.2, 0) is 10.0 Å². The molecule has 2 atom stereocenters. The lowest BCUT2D eigenvalue weighted by atomic mass is 9.94. The van der Waals surface area contributed by atoms with E-state index in [9.17, 15) is 8.42 Å². The van der Waals surface area contributed by atoms with Crippen LogP contribution in [0.25, 0.3) is 0 Å². The van der Waals surface area contributed by atoms with Gasteiger partial charge in [0.15, 0.2) is 0 Å². The molecule has 1 saturated heterocycles. The standard InChI is InChI=1S/C15H24N2O3S/c1-12-4-3-10-17(13(12)2)21(18,19)15-7-5-14(6-8-15)20-11-9-16/h5-8,12-13H,3-4,9-11,16H2,1-2H3. The fourth-order valence-corrected chi connectivity index (χ4v) is 4.42. The maximum absolute atomic E-state index is 12.7. The summed E-state index contributed by atoms with van der Waals surface area (Å²) >= 11 is 0. The van der Waals surface area contributed by atoms with Crippen LogP contribution in [0.1, 0.15) is 26.7 Å². The highest BCUT2D eigenvalue weighted by molar-refractivity contribution is 7.89. The lowest BCUT2D eigenvalue weighted by Crippen LogP contribution is -2.45. The summed E-state index contributed by atoms with van der Waals surface area (Å²) in [5.41, 5.74) is 5.37. The number of piperidine rings is 1. The van der Waals surface area contributed by atoms with Gasteiger partial charge in [0.25, 0.3) is 0 Å². The van der Waals surface area contributed by atoms with E-state index in [-0.39, 0.29) is 6.04 Å². The maximum Gasteiger partial charge on any atom is 0.243 e. The molecular weight excluding hydrogens is 288 g/mol. The summed E-state index contributed by atoms with van der Waals surface area (Å²) in [4.78, 5) is 0.323. The molecule has 1 aliphatic heterocycles. The summed E-state index contributed by atoms with van der Waals surface area (Å²) in [7, 11) is -3.43. The molecule has 0 saturated carbocycles. The van der Waals surface area contributed by atoms with E-state index in [4.69, 9.17) is 10.5 Å². The number of sulfonamides is 1. The highest BCUT2D eigenvalue weighted by Gasteiger charge is 2.34. The second kappa shape index (κ2) is 6.77. The van der Waals surface area contributed by atoms with Gasteiger partial charge in [-0.1, -0.05) is 6.92 Å². The third-order valence-electron chi connectivity index (χ3n) is 4.13. The average molecular weight is 312 g/mol. The van der Waals surface area contributed by atoms with Crippen LogP contribution < -0.4 is 10.5 Å². The Balaban J connectivity index is 2.19. The van der Waals surface area contributed by atoms with Crippen molar-refractivity contribution in [3.8, 4) is 5.75 Å². The molecule has 0 radical (unpaired) electrons. The maximum atomic E-state index is 12.7. The molecule has 1 fully saturated rings. The third kappa shape index (κ3) is 3.56. The van der Waals surface area contributed by atoms with Crippen molar-refractivity contribution in [3.05, 3.63) is 24.3 Å². The van der Waals surface area contributed by atoms with E-state index >= 15 is 0 Å². The average Bonchev–Trinajstić information content (AvgIpc) is 2.48. The summed E-state index contributed by atoms with van der Waals surface area (Å²) in [5.74, 6) is 1.03. The fraction of sp³-hybridized carbons (Fsp3) is 0.600. The molecule has 0 aromatic heterocycles. The molecule has 1 aliphatic rings. The molecule has 5 nitrogen and oxygen atoms in total. The first-order valence-electron chi connectivity index (χ1n) is 7.41. The van der Waals surface area contributed by atoms with E-state index < -0.39 is 10.0 Å². The first kappa shape index (κ1) is 16.3. The molecule has 1 aromatic carbocycles. The van der Waals surface area contributed by atoms with Crippen molar-refractivity contribution in [2.75, 3.05) is 19.7 Å². The lowest BCUT2D eigenvalue weighted by molar-refractivity contribution is 0.202. The first-order valence-corrected chi connectivity index (χ1v) is 8.85. The van der Waals surface area contributed by atoms with Crippen LogP contribution >= 0.6 is 0 Å². The van der Waals surface area contributed by atoms with E-state index in [2.05, 4.69) is 6.92 Å². The van der Waals surface area contributed by atoms with E-state index in [1.165, 1.54) is 0 Å². The van der Waals surface area contributed by atoms with E-state index in [0.717, 1.165) is 12.8 Å². The Morgan fingerprint density at radius 1 is 1.29 bits per heavy atom. The van der Waals surface area contributed by atoms with Gasteiger partial charge in [0, 0.05) is 19.1 Å². The highest BCUT2D eigenvalue weighted by Crippen LogP contribution is 2.29. The van der Waals surface area contributed by atoms with Crippen molar-refractivity contribution in [2.24, 2.45) is 11.7 Å². The number of hydrogen-bond donors (Lipinski definition) is 1. The molecule has 2 rings (SSSR count). The summed E-state index contributed by atoms with van der Waals surface area (Å²) in [5, 5.41) is 0. The Bertz CT molecular complexity index is 557. The zero-order valence-corrected chi connectivity index (χ0v) is 13.5. The van der Waals surface area contributed by atoms with Gasteiger partial charge < -0.3 is 10.5 Å². The quantitative estimate of drug-likeness (QED) is 0.900. The van der Waals surface area contributed by atoms with Crippen LogP contribution in [0.15, 0.2) is 29.2 Å². The van der Waals surface area contributed by atoms with E-state index in [1.54, 1.807) is 28.6 Å². The second-order valence-electron chi connectivity index (χ2n) is 5.58. The molecule has 1 aromatic rings. The number of rotatable bonds is 5. The molecule has 0 spiro atoms. The highest BCUT2D eigenvalue weighted by atomic mass is 32.2. The molecule has 0 aliphatic carbocycles. The molecule has 118 valence electrons. The zero-order valence-electron chi connectivity index (χ0n) is 12.7. The van der Waals surface area contributed by atoms with Gasteiger partial charge in [-0.05, 0) is 49.9 Å². The van der Waals surface area contributed by atoms with Gasteiger partial charge in [0.1, 0.15) is 12.4 Å².